The van der Waals surface area contributed by atoms with E-state index in [1.807, 2.05) is 30.3 Å². The van der Waals surface area contributed by atoms with Crippen LogP contribution in [0.4, 0.5) is 4.79 Å². The lowest BCUT2D eigenvalue weighted by Crippen LogP contribution is -2.17. The summed E-state index contributed by atoms with van der Waals surface area (Å²) in [5, 5.41) is 9.32. The molecule has 0 saturated carbocycles. The highest BCUT2D eigenvalue weighted by atomic mass is 16.5. The predicted molar refractivity (Wildman–Crippen MR) is 87.4 cm³/mol. The number of aromatic nitrogens is 3. The molecule has 0 aliphatic carbocycles. The van der Waals surface area contributed by atoms with Crippen LogP contribution in [0.5, 0.6) is 5.75 Å². The average molecular weight is 325 g/mol. The van der Waals surface area contributed by atoms with E-state index >= 15 is 0 Å². The minimum absolute atomic E-state index is 0.0575. The standard InChI is InChI=1S/C17H15N3O4/c1-24-15-13(21)7-9-19(11-12-5-3-2-4-6-12)14(15)16-18-8-10-20(16)17(22)23/h2-10H,11H2,1H3,(H,22,23). The average Bonchev–Trinajstić information content (AvgIpc) is 3.06. The molecule has 3 aromatic rings. The number of methoxy groups -OCH3 is 1. The fourth-order valence-electron chi connectivity index (χ4n) is 2.53. The van der Waals surface area contributed by atoms with Gasteiger partial charge in [0.1, 0.15) is 5.69 Å². The van der Waals surface area contributed by atoms with Crippen LogP contribution in [0.1, 0.15) is 5.56 Å². The smallest absolute Gasteiger partial charge is 0.417 e. The van der Waals surface area contributed by atoms with E-state index in [-0.39, 0.29) is 17.0 Å². The number of ether oxygens (including phenoxy) is 1. The molecular weight excluding hydrogens is 310 g/mol. The first kappa shape index (κ1) is 15.5. The minimum Gasteiger partial charge on any atom is -0.491 e. The summed E-state index contributed by atoms with van der Waals surface area (Å²) >= 11 is 0. The van der Waals surface area contributed by atoms with Gasteiger partial charge in [0.15, 0.2) is 11.6 Å². The predicted octanol–water partition coefficient (Wildman–Crippen LogP) is 2.29. The van der Waals surface area contributed by atoms with Gasteiger partial charge >= 0.3 is 6.09 Å². The molecule has 122 valence electrons. The summed E-state index contributed by atoms with van der Waals surface area (Å²) < 4.78 is 7.94. The number of rotatable bonds is 4. The van der Waals surface area contributed by atoms with Gasteiger partial charge in [0.05, 0.1) is 7.11 Å². The molecule has 1 N–H and O–H groups in total. The van der Waals surface area contributed by atoms with Gasteiger partial charge in [0.25, 0.3) is 0 Å². The first-order valence-corrected chi connectivity index (χ1v) is 7.20. The summed E-state index contributed by atoms with van der Waals surface area (Å²) in [6, 6.07) is 11.0. The van der Waals surface area contributed by atoms with E-state index in [9.17, 15) is 14.7 Å². The lowest BCUT2D eigenvalue weighted by molar-refractivity contribution is 0.196. The number of imidazole rings is 1. The normalized spacial score (nSPS) is 10.5. The van der Waals surface area contributed by atoms with Crippen molar-refractivity contribution in [2.24, 2.45) is 0 Å². The van der Waals surface area contributed by atoms with Crippen molar-refractivity contribution in [1.29, 1.82) is 0 Å². The Morgan fingerprint density at radius 1 is 1.21 bits per heavy atom. The Hall–Kier alpha value is -3.35. The molecule has 2 aromatic heterocycles. The van der Waals surface area contributed by atoms with Gasteiger partial charge in [-0.25, -0.2) is 14.3 Å². The van der Waals surface area contributed by atoms with Crippen LogP contribution in [0.15, 0.2) is 59.8 Å². The summed E-state index contributed by atoms with van der Waals surface area (Å²) in [4.78, 5) is 27.6. The van der Waals surface area contributed by atoms with Crippen LogP contribution in [-0.2, 0) is 6.54 Å². The second-order valence-corrected chi connectivity index (χ2v) is 5.08. The van der Waals surface area contributed by atoms with E-state index in [1.165, 1.54) is 25.6 Å². The van der Waals surface area contributed by atoms with Gasteiger partial charge in [-0.05, 0) is 5.56 Å². The van der Waals surface area contributed by atoms with Gasteiger partial charge < -0.3 is 14.4 Å². The van der Waals surface area contributed by atoms with E-state index in [1.54, 1.807) is 10.8 Å². The molecule has 0 fully saturated rings. The SMILES string of the molecule is COc1c(-c2nccn2C(=O)O)n(Cc2ccccc2)ccc1=O. The maximum absolute atomic E-state index is 12.1. The van der Waals surface area contributed by atoms with E-state index in [4.69, 9.17) is 4.74 Å². The van der Waals surface area contributed by atoms with Crippen LogP contribution in [0.3, 0.4) is 0 Å². The van der Waals surface area contributed by atoms with Gasteiger partial charge in [-0.3, -0.25) is 4.79 Å². The van der Waals surface area contributed by atoms with Crippen molar-refractivity contribution in [3.05, 3.63) is 70.8 Å². The fraction of sp³-hybridized carbons (Fsp3) is 0.118. The van der Waals surface area contributed by atoms with Gasteiger partial charge in [-0.2, -0.15) is 0 Å². The first-order chi connectivity index (χ1) is 11.6. The summed E-state index contributed by atoms with van der Waals surface area (Å²) in [6.07, 6.45) is 3.11. The molecule has 0 spiro atoms. The highest BCUT2D eigenvalue weighted by molar-refractivity contribution is 5.75. The van der Waals surface area contributed by atoms with Gasteiger partial charge in [0.2, 0.25) is 5.43 Å². The van der Waals surface area contributed by atoms with Gasteiger partial charge in [0, 0.05) is 31.2 Å². The lowest BCUT2D eigenvalue weighted by atomic mass is 10.2. The molecule has 0 unspecified atom stereocenters. The third kappa shape index (κ3) is 2.79. The molecule has 7 nitrogen and oxygen atoms in total. The number of nitrogens with zero attached hydrogens (tertiary/aromatic N) is 3. The van der Waals surface area contributed by atoms with Crippen LogP contribution in [0, 0.1) is 0 Å². The summed E-state index contributed by atoms with van der Waals surface area (Å²) in [5.41, 5.74) is 0.982. The monoisotopic (exact) mass is 325 g/mol. The molecule has 0 radical (unpaired) electrons. The van der Waals surface area contributed by atoms with E-state index in [0.29, 0.717) is 12.2 Å². The Balaban J connectivity index is 2.22. The zero-order chi connectivity index (χ0) is 17.1. The second kappa shape index (κ2) is 6.41. The largest absolute Gasteiger partial charge is 0.491 e. The molecule has 0 atom stereocenters. The highest BCUT2D eigenvalue weighted by Crippen LogP contribution is 2.26. The maximum Gasteiger partial charge on any atom is 0.417 e. The second-order valence-electron chi connectivity index (χ2n) is 5.08. The van der Waals surface area contributed by atoms with Gasteiger partial charge in [-0.1, -0.05) is 30.3 Å². The van der Waals surface area contributed by atoms with E-state index < -0.39 is 6.09 Å². The Kier molecular flexibility index (Phi) is 4.15. The van der Waals surface area contributed by atoms with Crippen LogP contribution < -0.4 is 10.2 Å². The zero-order valence-electron chi connectivity index (χ0n) is 12.9. The molecule has 24 heavy (non-hydrogen) atoms. The quantitative estimate of drug-likeness (QED) is 0.795. The fourth-order valence-corrected chi connectivity index (χ4v) is 2.53. The maximum atomic E-state index is 12.1. The molecule has 0 bridgehead atoms. The molecule has 3 rings (SSSR count). The number of carbonyl (C=O) groups is 1. The Morgan fingerprint density at radius 2 is 1.96 bits per heavy atom. The van der Waals surface area contributed by atoms with E-state index in [0.717, 1.165) is 10.1 Å². The summed E-state index contributed by atoms with van der Waals surface area (Å²) in [5.74, 6) is 0.190. The van der Waals surface area contributed by atoms with E-state index in [2.05, 4.69) is 4.98 Å². The van der Waals surface area contributed by atoms with Crippen molar-refractivity contribution >= 4 is 6.09 Å². The lowest BCUT2D eigenvalue weighted by Gasteiger charge is -2.16. The van der Waals surface area contributed by atoms with Crippen molar-refractivity contribution in [3.8, 4) is 17.3 Å². The third-order valence-corrected chi connectivity index (χ3v) is 3.59. The van der Waals surface area contributed by atoms with Crippen LogP contribution in [0.25, 0.3) is 11.5 Å². The molecule has 0 saturated heterocycles. The number of hydrogen-bond donors (Lipinski definition) is 1. The third-order valence-electron chi connectivity index (χ3n) is 3.59. The molecule has 1 aromatic carbocycles. The van der Waals surface area contributed by atoms with Crippen LogP contribution in [-0.4, -0.2) is 32.4 Å². The summed E-state index contributed by atoms with van der Waals surface area (Å²) in [7, 11) is 1.38. The van der Waals surface area contributed by atoms with Gasteiger partial charge in [-0.15, -0.1) is 0 Å². The first-order valence-electron chi connectivity index (χ1n) is 7.20. The Bertz CT molecular complexity index is 929. The highest BCUT2D eigenvalue weighted by Gasteiger charge is 2.21. The summed E-state index contributed by atoms with van der Waals surface area (Å²) in [6.45, 7) is 0.444. The van der Waals surface area contributed by atoms with Crippen molar-refractivity contribution < 1.29 is 14.6 Å². The Labute approximate surface area is 137 Å². The molecule has 7 heteroatoms. The minimum atomic E-state index is -1.19. The molecule has 0 amide bonds. The van der Waals surface area contributed by atoms with Crippen molar-refractivity contribution in [2.45, 2.75) is 6.54 Å². The number of benzene rings is 1. The van der Waals surface area contributed by atoms with Crippen molar-refractivity contribution in [3.63, 3.8) is 0 Å². The molecular formula is C17H15N3O4. The van der Waals surface area contributed by atoms with Crippen molar-refractivity contribution in [1.82, 2.24) is 14.1 Å². The molecule has 2 heterocycles. The Morgan fingerprint density at radius 3 is 2.62 bits per heavy atom. The number of pyridine rings is 1. The number of carboxylic acid groups (broad SMARTS) is 1. The molecule has 0 aliphatic rings. The van der Waals surface area contributed by atoms with Crippen LogP contribution >= 0.6 is 0 Å². The zero-order valence-corrected chi connectivity index (χ0v) is 12.9. The van der Waals surface area contributed by atoms with Crippen LogP contribution in [0.2, 0.25) is 0 Å². The number of hydrogen-bond acceptors (Lipinski definition) is 4. The molecule has 0 aliphatic heterocycles. The topological polar surface area (TPSA) is 86.3 Å². The van der Waals surface area contributed by atoms with Crippen molar-refractivity contribution in [2.75, 3.05) is 7.11 Å².